The third-order valence-electron chi connectivity index (χ3n) is 2.67. The molecule has 1 aromatic carbocycles. The van der Waals surface area contributed by atoms with E-state index in [9.17, 15) is 24.1 Å². The lowest BCUT2D eigenvalue weighted by Crippen LogP contribution is -2.23. The number of halogens is 1. The molecule has 0 aliphatic heterocycles. The number of rotatable bonds is 4. The van der Waals surface area contributed by atoms with E-state index in [1.165, 1.54) is 18.2 Å². The van der Waals surface area contributed by atoms with Crippen LogP contribution in [0.3, 0.4) is 0 Å². The minimum atomic E-state index is -0.698. The SMILES string of the molecule is O=C(Cn1cc([N+](=O)[O-])ccc1=O)c1ccccc1F. The van der Waals surface area contributed by atoms with Gasteiger partial charge in [0.2, 0.25) is 0 Å². The Morgan fingerprint density at radius 1 is 1.25 bits per heavy atom. The Kier molecular flexibility index (Phi) is 3.69. The fourth-order valence-electron chi connectivity index (χ4n) is 1.68. The van der Waals surface area contributed by atoms with Gasteiger partial charge in [-0.1, -0.05) is 12.1 Å². The third kappa shape index (κ3) is 2.77. The Labute approximate surface area is 112 Å². The van der Waals surface area contributed by atoms with Crippen molar-refractivity contribution in [3.05, 3.63) is 74.4 Å². The topological polar surface area (TPSA) is 82.2 Å². The zero-order chi connectivity index (χ0) is 14.7. The molecule has 0 spiro atoms. The number of ketones is 1. The number of Topliss-reactive ketones (excluding diaryl/α,β-unsaturated/α-hetero) is 1. The Morgan fingerprint density at radius 3 is 2.60 bits per heavy atom. The van der Waals surface area contributed by atoms with Gasteiger partial charge in [-0.2, -0.15) is 0 Å². The first-order valence-corrected chi connectivity index (χ1v) is 5.61. The van der Waals surface area contributed by atoms with E-state index < -0.39 is 28.6 Å². The van der Waals surface area contributed by atoms with Crippen molar-refractivity contribution in [1.29, 1.82) is 0 Å². The fraction of sp³-hybridized carbons (Fsp3) is 0.0769. The molecule has 0 amide bonds. The molecule has 0 saturated heterocycles. The van der Waals surface area contributed by atoms with Gasteiger partial charge in [-0.3, -0.25) is 19.7 Å². The summed E-state index contributed by atoms with van der Waals surface area (Å²) in [6.45, 7) is -0.457. The molecule has 0 saturated carbocycles. The lowest BCUT2D eigenvalue weighted by Gasteiger charge is -2.05. The van der Waals surface area contributed by atoms with Gasteiger partial charge in [0.25, 0.3) is 11.2 Å². The van der Waals surface area contributed by atoms with Crippen LogP contribution in [0.4, 0.5) is 10.1 Å². The van der Waals surface area contributed by atoms with Crippen molar-refractivity contribution in [2.75, 3.05) is 0 Å². The number of pyridine rings is 1. The van der Waals surface area contributed by atoms with Crippen LogP contribution in [0.15, 0.2) is 47.4 Å². The third-order valence-corrected chi connectivity index (χ3v) is 2.67. The lowest BCUT2D eigenvalue weighted by atomic mass is 10.1. The van der Waals surface area contributed by atoms with E-state index in [1.54, 1.807) is 0 Å². The van der Waals surface area contributed by atoms with E-state index in [-0.39, 0.29) is 11.3 Å². The Balaban J connectivity index is 2.33. The molecule has 0 unspecified atom stereocenters. The molecule has 0 radical (unpaired) electrons. The minimum Gasteiger partial charge on any atom is -0.301 e. The van der Waals surface area contributed by atoms with Crippen molar-refractivity contribution in [2.24, 2.45) is 0 Å². The molecule has 2 aromatic rings. The van der Waals surface area contributed by atoms with Gasteiger partial charge >= 0.3 is 0 Å². The number of nitrogens with zero attached hydrogens (tertiary/aromatic N) is 2. The molecule has 0 atom stereocenters. The largest absolute Gasteiger partial charge is 0.301 e. The number of hydrogen-bond acceptors (Lipinski definition) is 4. The quantitative estimate of drug-likeness (QED) is 0.484. The van der Waals surface area contributed by atoms with Gasteiger partial charge in [0.1, 0.15) is 5.82 Å². The smallest absolute Gasteiger partial charge is 0.285 e. The van der Waals surface area contributed by atoms with Crippen LogP contribution in [0.1, 0.15) is 10.4 Å². The number of benzene rings is 1. The van der Waals surface area contributed by atoms with Gasteiger partial charge in [-0.05, 0) is 12.1 Å². The normalized spacial score (nSPS) is 10.2. The highest BCUT2D eigenvalue weighted by molar-refractivity contribution is 5.96. The molecule has 0 aliphatic carbocycles. The number of nitro groups is 1. The van der Waals surface area contributed by atoms with E-state index >= 15 is 0 Å². The molecule has 1 heterocycles. The number of aromatic nitrogens is 1. The summed E-state index contributed by atoms with van der Waals surface area (Å²) in [6, 6.07) is 7.39. The first-order valence-electron chi connectivity index (χ1n) is 5.61. The molecular weight excluding hydrogens is 267 g/mol. The molecule has 6 nitrogen and oxygen atoms in total. The second-order valence-electron chi connectivity index (χ2n) is 4.01. The predicted octanol–water partition coefficient (Wildman–Crippen LogP) is 1.78. The molecule has 102 valence electrons. The van der Waals surface area contributed by atoms with E-state index in [0.29, 0.717) is 0 Å². The lowest BCUT2D eigenvalue weighted by molar-refractivity contribution is -0.385. The maximum Gasteiger partial charge on any atom is 0.285 e. The van der Waals surface area contributed by atoms with Crippen LogP contribution in [0, 0.1) is 15.9 Å². The van der Waals surface area contributed by atoms with Crippen molar-refractivity contribution in [2.45, 2.75) is 6.54 Å². The Morgan fingerprint density at radius 2 is 1.95 bits per heavy atom. The summed E-state index contributed by atoms with van der Waals surface area (Å²) in [5.41, 5.74) is -1.04. The van der Waals surface area contributed by atoms with Crippen molar-refractivity contribution < 1.29 is 14.1 Å². The highest BCUT2D eigenvalue weighted by atomic mass is 19.1. The van der Waals surface area contributed by atoms with E-state index in [1.807, 2.05) is 0 Å². The molecule has 0 aliphatic rings. The summed E-state index contributed by atoms with van der Waals surface area (Å²) in [5, 5.41) is 10.6. The second-order valence-corrected chi connectivity index (χ2v) is 4.01. The van der Waals surface area contributed by atoms with E-state index in [0.717, 1.165) is 29.0 Å². The highest BCUT2D eigenvalue weighted by Gasteiger charge is 2.14. The van der Waals surface area contributed by atoms with Crippen LogP contribution < -0.4 is 5.56 Å². The zero-order valence-corrected chi connectivity index (χ0v) is 10.2. The average molecular weight is 276 g/mol. The van der Waals surface area contributed by atoms with Gasteiger partial charge in [-0.25, -0.2) is 4.39 Å². The van der Waals surface area contributed by atoms with Crippen LogP contribution in [0.5, 0.6) is 0 Å². The first-order chi connectivity index (χ1) is 9.49. The summed E-state index contributed by atoms with van der Waals surface area (Å²) >= 11 is 0. The maximum atomic E-state index is 13.4. The Hall–Kier alpha value is -2.83. The molecule has 7 heteroatoms. The average Bonchev–Trinajstić information content (AvgIpc) is 2.41. The molecule has 0 fully saturated rings. The van der Waals surface area contributed by atoms with Crippen molar-refractivity contribution in [1.82, 2.24) is 4.57 Å². The maximum absolute atomic E-state index is 13.4. The summed E-state index contributed by atoms with van der Waals surface area (Å²) in [5.74, 6) is -1.33. The van der Waals surface area contributed by atoms with Gasteiger partial charge in [0.15, 0.2) is 5.78 Å². The summed E-state index contributed by atoms with van der Waals surface area (Å²) in [4.78, 5) is 33.4. The van der Waals surface area contributed by atoms with Crippen LogP contribution in [0.2, 0.25) is 0 Å². The summed E-state index contributed by atoms with van der Waals surface area (Å²) < 4.78 is 14.3. The van der Waals surface area contributed by atoms with Crippen LogP contribution in [-0.2, 0) is 6.54 Å². The summed E-state index contributed by atoms with van der Waals surface area (Å²) in [7, 11) is 0. The van der Waals surface area contributed by atoms with Crippen molar-refractivity contribution in [3.63, 3.8) is 0 Å². The number of carbonyl (C=O) groups excluding carboxylic acids is 1. The summed E-state index contributed by atoms with van der Waals surface area (Å²) in [6.07, 6.45) is 0.959. The van der Waals surface area contributed by atoms with Crippen molar-refractivity contribution in [3.8, 4) is 0 Å². The molecule has 1 aromatic heterocycles. The standard InChI is InChI=1S/C13H9FN2O4/c14-11-4-2-1-3-10(11)12(17)8-15-7-9(16(19)20)5-6-13(15)18/h1-7H,8H2. The van der Waals surface area contributed by atoms with Crippen molar-refractivity contribution >= 4 is 11.5 Å². The van der Waals surface area contributed by atoms with Gasteiger partial charge in [0, 0.05) is 12.1 Å². The van der Waals surface area contributed by atoms with Crippen LogP contribution >= 0.6 is 0 Å². The minimum absolute atomic E-state index is 0.161. The zero-order valence-electron chi connectivity index (χ0n) is 10.2. The Bertz CT molecular complexity index is 739. The van der Waals surface area contributed by atoms with E-state index in [2.05, 4.69) is 0 Å². The molecule has 0 bridgehead atoms. The van der Waals surface area contributed by atoms with Gasteiger partial charge in [0.05, 0.1) is 23.2 Å². The highest BCUT2D eigenvalue weighted by Crippen LogP contribution is 2.10. The first kappa shape index (κ1) is 13.6. The number of hydrogen-bond donors (Lipinski definition) is 0. The van der Waals surface area contributed by atoms with Crippen LogP contribution in [0.25, 0.3) is 0 Å². The molecule has 2 rings (SSSR count). The van der Waals surface area contributed by atoms with E-state index in [4.69, 9.17) is 0 Å². The predicted molar refractivity (Wildman–Crippen MR) is 68.1 cm³/mol. The fourth-order valence-corrected chi connectivity index (χ4v) is 1.68. The molecule has 0 N–H and O–H groups in total. The van der Waals surface area contributed by atoms with Gasteiger partial charge < -0.3 is 4.57 Å². The second kappa shape index (κ2) is 5.43. The number of carbonyl (C=O) groups is 1. The molecule has 20 heavy (non-hydrogen) atoms. The monoisotopic (exact) mass is 276 g/mol. The van der Waals surface area contributed by atoms with Crippen LogP contribution in [-0.4, -0.2) is 15.3 Å². The molecular formula is C13H9FN2O4. The van der Waals surface area contributed by atoms with Gasteiger partial charge in [-0.15, -0.1) is 0 Å².